The highest BCUT2D eigenvalue weighted by Gasteiger charge is 2.34. The van der Waals surface area contributed by atoms with Crippen LogP contribution in [-0.4, -0.2) is 13.0 Å². The van der Waals surface area contributed by atoms with Gasteiger partial charge in [-0.05, 0) is 25.0 Å². The zero-order valence-corrected chi connectivity index (χ0v) is 9.16. The average Bonchev–Trinajstić information content (AvgIpc) is 2.44. The molecule has 0 radical (unpaired) electrons. The van der Waals surface area contributed by atoms with Crippen LogP contribution in [0.5, 0.6) is 0 Å². The van der Waals surface area contributed by atoms with Crippen LogP contribution in [-0.2, 0) is 4.79 Å². The second-order valence-electron chi connectivity index (χ2n) is 4.17. The van der Waals surface area contributed by atoms with Crippen LogP contribution >= 0.6 is 0 Å². The predicted molar refractivity (Wildman–Crippen MR) is 62.0 cm³/mol. The van der Waals surface area contributed by atoms with Crippen molar-refractivity contribution in [1.29, 1.82) is 0 Å². The molecule has 0 aliphatic carbocycles. The van der Waals surface area contributed by atoms with Crippen molar-refractivity contribution in [1.82, 2.24) is 0 Å². The number of nitrogens with zero attached hydrogens (tertiary/aromatic N) is 1. The molecule has 1 aromatic rings. The molecule has 0 bridgehead atoms. The Bertz CT molecular complexity index is 422. The molecule has 2 nitrogen and oxygen atoms in total. The van der Waals surface area contributed by atoms with Gasteiger partial charge in [-0.2, -0.15) is 0 Å². The molecule has 1 aliphatic rings. The number of rotatable bonds is 2. The van der Waals surface area contributed by atoms with Gasteiger partial charge < -0.3 is 4.90 Å². The fourth-order valence-corrected chi connectivity index (χ4v) is 2.12. The fraction of sp³-hybridized carbons (Fsp3) is 0.308. The van der Waals surface area contributed by atoms with Crippen molar-refractivity contribution in [2.45, 2.75) is 19.3 Å². The van der Waals surface area contributed by atoms with Crippen LogP contribution < -0.4 is 4.90 Å². The molecule has 78 valence electrons. The Morgan fingerprint density at radius 2 is 2.13 bits per heavy atom. The minimum absolute atomic E-state index is 0.0244. The van der Waals surface area contributed by atoms with Gasteiger partial charge in [-0.25, -0.2) is 0 Å². The maximum absolute atomic E-state index is 12.0. The SMILES string of the molecule is C=C(C)CC1C(=O)N(C)c2ccccc21. The Balaban J connectivity index is 2.42. The van der Waals surface area contributed by atoms with Gasteiger partial charge in [-0.15, -0.1) is 6.58 Å². The lowest BCUT2D eigenvalue weighted by Crippen LogP contribution is -2.23. The third kappa shape index (κ3) is 1.56. The Morgan fingerprint density at radius 1 is 1.47 bits per heavy atom. The molecule has 2 rings (SSSR count). The summed E-state index contributed by atoms with van der Waals surface area (Å²) in [5, 5.41) is 0. The van der Waals surface area contributed by atoms with Crippen LogP contribution in [0.3, 0.4) is 0 Å². The molecule has 1 atom stereocenters. The van der Waals surface area contributed by atoms with Crippen molar-refractivity contribution >= 4 is 11.6 Å². The van der Waals surface area contributed by atoms with E-state index < -0.39 is 0 Å². The van der Waals surface area contributed by atoms with Crippen LogP contribution in [0.1, 0.15) is 24.8 Å². The normalized spacial score (nSPS) is 19.2. The van der Waals surface area contributed by atoms with E-state index in [4.69, 9.17) is 0 Å². The third-order valence-corrected chi connectivity index (χ3v) is 2.85. The molecule has 1 unspecified atom stereocenters. The first-order chi connectivity index (χ1) is 7.11. The Morgan fingerprint density at radius 3 is 2.80 bits per heavy atom. The van der Waals surface area contributed by atoms with Crippen LogP contribution in [0.2, 0.25) is 0 Å². The molecule has 0 aromatic heterocycles. The van der Waals surface area contributed by atoms with E-state index in [1.165, 1.54) is 0 Å². The first kappa shape index (κ1) is 9.97. The Hall–Kier alpha value is -1.57. The molecular formula is C13H15NO. The summed E-state index contributed by atoms with van der Waals surface area (Å²) >= 11 is 0. The molecule has 15 heavy (non-hydrogen) atoms. The van der Waals surface area contributed by atoms with Crippen molar-refractivity contribution in [3.63, 3.8) is 0 Å². The van der Waals surface area contributed by atoms with Crippen molar-refractivity contribution in [2.24, 2.45) is 0 Å². The quantitative estimate of drug-likeness (QED) is 0.674. The zero-order chi connectivity index (χ0) is 11.0. The van der Waals surface area contributed by atoms with Gasteiger partial charge >= 0.3 is 0 Å². The smallest absolute Gasteiger partial charge is 0.234 e. The molecule has 1 aromatic carbocycles. The number of carbonyl (C=O) groups excluding carboxylic acids is 1. The molecule has 1 heterocycles. The van der Waals surface area contributed by atoms with E-state index in [1.54, 1.807) is 4.90 Å². The van der Waals surface area contributed by atoms with Crippen molar-refractivity contribution in [3.8, 4) is 0 Å². The topological polar surface area (TPSA) is 20.3 Å². The molecule has 1 aliphatic heterocycles. The number of para-hydroxylation sites is 1. The van der Waals surface area contributed by atoms with Gasteiger partial charge in [0.05, 0.1) is 5.92 Å². The van der Waals surface area contributed by atoms with Gasteiger partial charge in [0.1, 0.15) is 0 Å². The average molecular weight is 201 g/mol. The van der Waals surface area contributed by atoms with E-state index in [1.807, 2.05) is 38.2 Å². The van der Waals surface area contributed by atoms with E-state index in [0.29, 0.717) is 0 Å². The molecule has 2 heteroatoms. The number of benzene rings is 1. The number of carbonyl (C=O) groups is 1. The summed E-state index contributed by atoms with van der Waals surface area (Å²) in [5.41, 5.74) is 3.22. The summed E-state index contributed by atoms with van der Waals surface area (Å²) in [6, 6.07) is 7.97. The molecule has 0 saturated heterocycles. The first-order valence-electron chi connectivity index (χ1n) is 5.12. The Kier molecular flexibility index (Phi) is 2.35. The van der Waals surface area contributed by atoms with E-state index in [9.17, 15) is 4.79 Å². The number of fused-ring (bicyclic) bond motifs is 1. The van der Waals surface area contributed by atoms with E-state index in [2.05, 4.69) is 6.58 Å². The number of amides is 1. The standard InChI is InChI=1S/C13H15NO/c1-9(2)8-11-10-6-4-5-7-12(10)14(3)13(11)15/h4-7,11H,1,8H2,2-3H3. The number of likely N-dealkylation sites (N-methyl/N-ethyl adjacent to an activating group) is 1. The molecular weight excluding hydrogens is 186 g/mol. The van der Waals surface area contributed by atoms with Crippen molar-refractivity contribution < 1.29 is 4.79 Å². The molecule has 0 fully saturated rings. The molecule has 0 saturated carbocycles. The molecule has 1 amide bonds. The van der Waals surface area contributed by atoms with Crippen molar-refractivity contribution in [2.75, 3.05) is 11.9 Å². The largest absolute Gasteiger partial charge is 0.315 e. The summed E-state index contributed by atoms with van der Waals surface area (Å²) in [5.74, 6) is 0.155. The highest BCUT2D eigenvalue weighted by Crippen LogP contribution is 2.38. The zero-order valence-electron chi connectivity index (χ0n) is 9.16. The van der Waals surface area contributed by atoms with Gasteiger partial charge in [0.15, 0.2) is 0 Å². The number of hydrogen-bond acceptors (Lipinski definition) is 1. The molecule has 0 N–H and O–H groups in total. The first-order valence-corrected chi connectivity index (χ1v) is 5.12. The highest BCUT2D eigenvalue weighted by molar-refractivity contribution is 6.04. The van der Waals surface area contributed by atoms with E-state index in [-0.39, 0.29) is 11.8 Å². The summed E-state index contributed by atoms with van der Waals surface area (Å²) in [4.78, 5) is 13.7. The van der Waals surface area contributed by atoms with Crippen LogP contribution in [0.15, 0.2) is 36.4 Å². The second-order valence-corrected chi connectivity index (χ2v) is 4.17. The summed E-state index contributed by atoms with van der Waals surface area (Å²) in [7, 11) is 1.83. The minimum atomic E-state index is -0.0244. The lowest BCUT2D eigenvalue weighted by Gasteiger charge is -2.10. The summed E-state index contributed by atoms with van der Waals surface area (Å²) in [6.07, 6.45) is 0.750. The lowest BCUT2D eigenvalue weighted by molar-refractivity contribution is -0.119. The summed E-state index contributed by atoms with van der Waals surface area (Å²) in [6.45, 7) is 5.85. The van der Waals surface area contributed by atoms with Crippen LogP contribution in [0, 0.1) is 0 Å². The number of anilines is 1. The van der Waals surface area contributed by atoms with Crippen molar-refractivity contribution in [3.05, 3.63) is 42.0 Å². The maximum Gasteiger partial charge on any atom is 0.234 e. The maximum atomic E-state index is 12.0. The third-order valence-electron chi connectivity index (χ3n) is 2.85. The van der Waals surface area contributed by atoms with Gasteiger partial charge in [0.2, 0.25) is 5.91 Å². The van der Waals surface area contributed by atoms with Gasteiger partial charge in [0, 0.05) is 12.7 Å². The predicted octanol–water partition coefficient (Wildman–Crippen LogP) is 2.71. The van der Waals surface area contributed by atoms with Gasteiger partial charge in [-0.3, -0.25) is 4.79 Å². The number of hydrogen-bond donors (Lipinski definition) is 0. The highest BCUT2D eigenvalue weighted by atomic mass is 16.2. The molecule has 0 spiro atoms. The van der Waals surface area contributed by atoms with Crippen LogP contribution in [0.4, 0.5) is 5.69 Å². The van der Waals surface area contributed by atoms with Gasteiger partial charge in [0.25, 0.3) is 0 Å². The van der Waals surface area contributed by atoms with Crippen LogP contribution in [0.25, 0.3) is 0 Å². The lowest BCUT2D eigenvalue weighted by atomic mass is 9.94. The van der Waals surface area contributed by atoms with E-state index in [0.717, 1.165) is 23.2 Å². The number of allylic oxidation sites excluding steroid dienone is 1. The minimum Gasteiger partial charge on any atom is -0.315 e. The monoisotopic (exact) mass is 201 g/mol. The van der Waals surface area contributed by atoms with Gasteiger partial charge in [-0.1, -0.05) is 23.8 Å². The Labute approximate surface area is 90.2 Å². The fourth-order valence-electron chi connectivity index (χ4n) is 2.12. The second kappa shape index (κ2) is 3.54. The summed E-state index contributed by atoms with van der Waals surface area (Å²) < 4.78 is 0. The van der Waals surface area contributed by atoms with E-state index >= 15 is 0 Å².